The molecule has 0 spiro atoms. The molecule has 4 aromatic rings. The number of thioether (sulfide) groups is 1. The number of rotatable bonds is 7. The minimum atomic E-state index is -0.232. The summed E-state index contributed by atoms with van der Waals surface area (Å²) in [7, 11) is 1.62. The second kappa shape index (κ2) is 10.0. The first kappa shape index (κ1) is 22.1. The van der Waals surface area contributed by atoms with Gasteiger partial charge in [0, 0.05) is 11.3 Å². The predicted molar refractivity (Wildman–Crippen MR) is 129 cm³/mol. The van der Waals surface area contributed by atoms with Gasteiger partial charge in [-0.2, -0.15) is 5.26 Å². The van der Waals surface area contributed by atoms with Crippen LogP contribution in [0.5, 0.6) is 5.75 Å². The molecule has 1 heterocycles. The van der Waals surface area contributed by atoms with Crippen molar-refractivity contribution in [3.05, 3.63) is 83.9 Å². The first-order valence-electron chi connectivity index (χ1n) is 10.2. The van der Waals surface area contributed by atoms with Crippen molar-refractivity contribution in [2.24, 2.45) is 0 Å². The number of ether oxygens (including phenoxy) is 1. The van der Waals surface area contributed by atoms with Crippen LogP contribution in [0.15, 0.2) is 78.0 Å². The Kier molecular flexibility index (Phi) is 6.72. The number of amides is 1. The molecule has 0 atom stereocenters. The summed E-state index contributed by atoms with van der Waals surface area (Å²) in [6, 6.07) is 24.6. The number of para-hydroxylation sites is 1. The smallest absolute Gasteiger partial charge is 0.234 e. The van der Waals surface area contributed by atoms with Gasteiger partial charge in [-0.15, -0.1) is 10.2 Å². The molecule has 164 valence electrons. The first-order chi connectivity index (χ1) is 16.1. The highest BCUT2D eigenvalue weighted by Crippen LogP contribution is 2.30. The maximum Gasteiger partial charge on any atom is 0.234 e. The Morgan fingerprint density at radius 1 is 1.09 bits per heavy atom. The molecule has 4 rings (SSSR count). The standard InChI is InChI=1S/C25H21N5O2S/c1-17-10-12-20(13-11-17)30-24(18-7-5-8-21(14-18)32-2)28-29-25(30)33-16-23(31)27-22-9-4-3-6-19(22)15-26/h3-14H,16H2,1-2H3,(H,27,31). The van der Waals surface area contributed by atoms with Crippen molar-refractivity contribution >= 4 is 23.4 Å². The van der Waals surface area contributed by atoms with E-state index in [1.54, 1.807) is 31.4 Å². The number of carbonyl (C=O) groups excluding carboxylic acids is 1. The second-order valence-corrected chi connectivity index (χ2v) is 8.15. The molecule has 0 saturated carbocycles. The summed E-state index contributed by atoms with van der Waals surface area (Å²) in [6.07, 6.45) is 0. The van der Waals surface area contributed by atoms with E-state index in [0.717, 1.165) is 22.6 Å². The summed E-state index contributed by atoms with van der Waals surface area (Å²) < 4.78 is 7.29. The first-order valence-corrected chi connectivity index (χ1v) is 11.2. The fourth-order valence-electron chi connectivity index (χ4n) is 3.25. The Morgan fingerprint density at radius 2 is 1.88 bits per heavy atom. The number of carbonyl (C=O) groups is 1. The molecule has 0 aliphatic heterocycles. The van der Waals surface area contributed by atoms with E-state index in [0.29, 0.717) is 22.2 Å². The van der Waals surface area contributed by atoms with Crippen LogP contribution >= 0.6 is 11.8 Å². The highest BCUT2D eigenvalue weighted by molar-refractivity contribution is 7.99. The maximum absolute atomic E-state index is 12.6. The normalized spacial score (nSPS) is 10.5. The molecule has 8 heteroatoms. The lowest BCUT2D eigenvalue weighted by Gasteiger charge is -2.12. The van der Waals surface area contributed by atoms with Crippen molar-refractivity contribution in [2.45, 2.75) is 12.1 Å². The fraction of sp³-hybridized carbons (Fsp3) is 0.120. The van der Waals surface area contributed by atoms with Crippen LogP contribution < -0.4 is 10.1 Å². The van der Waals surface area contributed by atoms with Crippen LogP contribution in [0, 0.1) is 18.3 Å². The Balaban J connectivity index is 1.62. The van der Waals surface area contributed by atoms with E-state index >= 15 is 0 Å². The average molecular weight is 456 g/mol. The molecule has 0 aliphatic carbocycles. The number of hydrogen-bond acceptors (Lipinski definition) is 6. The SMILES string of the molecule is COc1cccc(-c2nnc(SCC(=O)Nc3ccccc3C#N)n2-c2ccc(C)cc2)c1. The van der Waals surface area contributed by atoms with Gasteiger partial charge in [0.1, 0.15) is 11.8 Å². The van der Waals surface area contributed by atoms with E-state index in [-0.39, 0.29) is 11.7 Å². The molecule has 33 heavy (non-hydrogen) atoms. The van der Waals surface area contributed by atoms with E-state index in [2.05, 4.69) is 21.6 Å². The maximum atomic E-state index is 12.6. The number of methoxy groups -OCH3 is 1. The molecule has 0 bridgehead atoms. The monoisotopic (exact) mass is 455 g/mol. The topological polar surface area (TPSA) is 92.8 Å². The van der Waals surface area contributed by atoms with Crippen molar-refractivity contribution in [2.75, 3.05) is 18.2 Å². The molecule has 0 fully saturated rings. The molecule has 1 aromatic heterocycles. The molecule has 1 amide bonds. The van der Waals surface area contributed by atoms with Gasteiger partial charge in [0.2, 0.25) is 5.91 Å². The lowest BCUT2D eigenvalue weighted by atomic mass is 10.2. The number of aryl methyl sites for hydroxylation is 1. The third-order valence-corrected chi connectivity index (χ3v) is 5.84. The predicted octanol–water partition coefficient (Wildman–Crippen LogP) is 4.85. The van der Waals surface area contributed by atoms with Crippen molar-refractivity contribution in [3.63, 3.8) is 0 Å². The van der Waals surface area contributed by atoms with Gasteiger partial charge in [0.15, 0.2) is 11.0 Å². The molecule has 1 N–H and O–H groups in total. The van der Waals surface area contributed by atoms with Gasteiger partial charge in [0.25, 0.3) is 0 Å². The zero-order chi connectivity index (χ0) is 23.2. The average Bonchev–Trinajstić information content (AvgIpc) is 3.27. The van der Waals surface area contributed by atoms with Crippen LogP contribution in [-0.2, 0) is 4.79 Å². The summed E-state index contributed by atoms with van der Waals surface area (Å²) in [6.45, 7) is 2.03. The van der Waals surface area contributed by atoms with Crippen molar-refractivity contribution < 1.29 is 9.53 Å². The van der Waals surface area contributed by atoms with Crippen LogP contribution in [-0.4, -0.2) is 33.5 Å². The Hall–Kier alpha value is -4.09. The third-order valence-electron chi connectivity index (χ3n) is 4.91. The summed E-state index contributed by atoms with van der Waals surface area (Å²) in [5.41, 5.74) is 3.78. The lowest BCUT2D eigenvalue weighted by Crippen LogP contribution is -2.15. The molecule has 3 aromatic carbocycles. The number of aromatic nitrogens is 3. The van der Waals surface area contributed by atoms with Crippen LogP contribution in [0.25, 0.3) is 17.1 Å². The van der Waals surface area contributed by atoms with Crippen molar-refractivity contribution in [3.8, 4) is 28.9 Å². The minimum absolute atomic E-state index is 0.113. The molecule has 0 aliphatic rings. The lowest BCUT2D eigenvalue weighted by molar-refractivity contribution is -0.113. The zero-order valence-corrected chi connectivity index (χ0v) is 19.0. The van der Waals surface area contributed by atoms with E-state index in [4.69, 9.17) is 4.74 Å². The molecular weight excluding hydrogens is 434 g/mol. The van der Waals surface area contributed by atoms with Gasteiger partial charge in [-0.05, 0) is 43.3 Å². The highest BCUT2D eigenvalue weighted by atomic mass is 32.2. The van der Waals surface area contributed by atoms with Gasteiger partial charge in [-0.1, -0.05) is 53.7 Å². The van der Waals surface area contributed by atoms with Crippen molar-refractivity contribution in [1.82, 2.24) is 14.8 Å². The Morgan fingerprint density at radius 3 is 2.64 bits per heavy atom. The molecule has 0 saturated heterocycles. The van der Waals surface area contributed by atoms with E-state index in [1.807, 2.05) is 60.0 Å². The minimum Gasteiger partial charge on any atom is -0.497 e. The molecular formula is C25H21N5O2S. The van der Waals surface area contributed by atoms with Gasteiger partial charge in [-0.3, -0.25) is 9.36 Å². The zero-order valence-electron chi connectivity index (χ0n) is 18.1. The van der Waals surface area contributed by atoms with Gasteiger partial charge < -0.3 is 10.1 Å². The number of nitrogens with zero attached hydrogens (tertiary/aromatic N) is 4. The van der Waals surface area contributed by atoms with Gasteiger partial charge in [0.05, 0.1) is 24.1 Å². The highest BCUT2D eigenvalue weighted by Gasteiger charge is 2.18. The van der Waals surface area contributed by atoms with E-state index < -0.39 is 0 Å². The third kappa shape index (κ3) is 5.05. The number of hydrogen-bond donors (Lipinski definition) is 1. The Bertz CT molecular complexity index is 1330. The van der Waals surface area contributed by atoms with Crippen LogP contribution in [0.4, 0.5) is 5.69 Å². The second-order valence-electron chi connectivity index (χ2n) is 7.20. The van der Waals surface area contributed by atoms with Crippen LogP contribution in [0.1, 0.15) is 11.1 Å². The fourth-order valence-corrected chi connectivity index (χ4v) is 4.00. The van der Waals surface area contributed by atoms with Gasteiger partial charge >= 0.3 is 0 Å². The van der Waals surface area contributed by atoms with Crippen LogP contribution in [0.2, 0.25) is 0 Å². The largest absolute Gasteiger partial charge is 0.497 e. The number of nitrogens with one attached hydrogen (secondary N) is 1. The molecule has 7 nitrogen and oxygen atoms in total. The molecule has 0 radical (unpaired) electrons. The summed E-state index contributed by atoms with van der Waals surface area (Å²) in [4.78, 5) is 12.6. The van der Waals surface area contributed by atoms with Crippen molar-refractivity contribution in [1.29, 1.82) is 5.26 Å². The van der Waals surface area contributed by atoms with Crippen LogP contribution in [0.3, 0.4) is 0 Å². The number of nitriles is 1. The number of anilines is 1. The van der Waals surface area contributed by atoms with E-state index in [9.17, 15) is 10.1 Å². The summed E-state index contributed by atoms with van der Waals surface area (Å²) >= 11 is 1.28. The summed E-state index contributed by atoms with van der Waals surface area (Å²) in [5, 5.41) is 21.4. The number of benzene rings is 3. The Labute approximate surface area is 196 Å². The summed E-state index contributed by atoms with van der Waals surface area (Å²) in [5.74, 6) is 1.25. The van der Waals surface area contributed by atoms with E-state index in [1.165, 1.54) is 11.8 Å². The molecule has 0 unspecified atom stereocenters. The quantitative estimate of drug-likeness (QED) is 0.400. The van der Waals surface area contributed by atoms with Gasteiger partial charge in [-0.25, -0.2) is 0 Å².